The lowest BCUT2D eigenvalue weighted by molar-refractivity contribution is -0.385. The van der Waals surface area contributed by atoms with Crippen LogP contribution < -0.4 is 14.8 Å². The Morgan fingerprint density at radius 3 is 2.57 bits per heavy atom. The molecule has 0 atom stereocenters. The maximum atomic E-state index is 12.3. The monoisotopic (exact) mass is 317 g/mol. The number of carbonyl (C=O) groups excluding carboxylic acids is 1. The van der Waals surface area contributed by atoms with Crippen LogP contribution in [0.5, 0.6) is 11.5 Å². The summed E-state index contributed by atoms with van der Waals surface area (Å²) < 4.78 is 10.4. The highest BCUT2D eigenvalue weighted by molar-refractivity contribution is 6.07. The predicted molar refractivity (Wildman–Crippen MR) is 83.0 cm³/mol. The molecule has 0 saturated heterocycles. The number of pyridine rings is 1. The standard InChI is InChI=1S/C15H15N3O5/c1-3-23-14-9-12(18(20)21)11(8-13(14)22-2)15(19)17-10-4-6-16-7-5-10/h4-9H,3H2,1-2H3,(H,16,17,19). The van der Waals surface area contributed by atoms with E-state index in [4.69, 9.17) is 9.47 Å². The molecule has 1 N–H and O–H groups in total. The predicted octanol–water partition coefficient (Wildman–Crippen LogP) is 2.65. The van der Waals surface area contributed by atoms with Gasteiger partial charge in [-0.1, -0.05) is 0 Å². The molecule has 0 spiro atoms. The number of benzene rings is 1. The molecule has 1 aromatic carbocycles. The minimum Gasteiger partial charge on any atom is -0.493 e. The van der Waals surface area contributed by atoms with E-state index in [0.29, 0.717) is 12.3 Å². The number of anilines is 1. The number of ether oxygens (including phenoxy) is 2. The molecule has 8 nitrogen and oxygen atoms in total. The molecule has 1 aromatic heterocycles. The van der Waals surface area contributed by atoms with Crippen molar-refractivity contribution in [2.45, 2.75) is 6.92 Å². The summed E-state index contributed by atoms with van der Waals surface area (Å²) in [4.78, 5) is 26.8. The van der Waals surface area contributed by atoms with Gasteiger partial charge in [-0.15, -0.1) is 0 Å². The van der Waals surface area contributed by atoms with E-state index in [2.05, 4.69) is 10.3 Å². The van der Waals surface area contributed by atoms with Crippen LogP contribution in [0.1, 0.15) is 17.3 Å². The van der Waals surface area contributed by atoms with E-state index in [1.54, 1.807) is 19.1 Å². The van der Waals surface area contributed by atoms with Crippen LogP contribution in [0.25, 0.3) is 0 Å². The summed E-state index contributed by atoms with van der Waals surface area (Å²) >= 11 is 0. The van der Waals surface area contributed by atoms with Crippen molar-refractivity contribution in [1.82, 2.24) is 4.98 Å². The van der Waals surface area contributed by atoms with E-state index >= 15 is 0 Å². The average Bonchev–Trinajstić information content (AvgIpc) is 2.55. The smallest absolute Gasteiger partial charge is 0.286 e. The Labute approximate surface area is 132 Å². The van der Waals surface area contributed by atoms with Crippen LogP contribution in [0.15, 0.2) is 36.7 Å². The Hall–Kier alpha value is -3.16. The normalized spacial score (nSPS) is 10.0. The number of nitrogens with zero attached hydrogens (tertiary/aromatic N) is 2. The average molecular weight is 317 g/mol. The molecule has 2 aromatic rings. The molecule has 0 unspecified atom stereocenters. The molecule has 0 aliphatic rings. The summed E-state index contributed by atoms with van der Waals surface area (Å²) in [6.07, 6.45) is 3.01. The van der Waals surface area contributed by atoms with Gasteiger partial charge in [-0.05, 0) is 19.1 Å². The summed E-state index contributed by atoms with van der Waals surface area (Å²) in [7, 11) is 1.40. The van der Waals surface area contributed by atoms with E-state index in [0.717, 1.165) is 0 Å². The highest BCUT2D eigenvalue weighted by atomic mass is 16.6. The van der Waals surface area contributed by atoms with Gasteiger partial charge in [-0.3, -0.25) is 19.9 Å². The molecule has 0 saturated carbocycles. The van der Waals surface area contributed by atoms with Crippen molar-refractivity contribution in [2.24, 2.45) is 0 Å². The molecule has 1 amide bonds. The quantitative estimate of drug-likeness (QED) is 0.649. The van der Waals surface area contributed by atoms with Gasteiger partial charge in [0.15, 0.2) is 11.5 Å². The summed E-state index contributed by atoms with van der Waals surface area (Å²) in [5.41, 5.74) is 0.0000657. The topological polar surface area (TPSA) is 104 Å². The van der Waals surface area contributed by atoms with Crippen molar-refractivity contribution in [3.8, 4) is 11.5 Å². The first kappa shape index (κ1) is 16.2. The fourth-order valence-electron chi connectivity index (χ4n) is 1.94. The van der Waals surface area contributed by atoms with Crippen LogP contribution >= 0.6 is 0 Å². The number of methoxy groups -OCH3 is 1. The van der Waals surface area contributed by atoms with Crippen molar-refractivity contribution in [3.63, 3.8) is 0 Å². The summed E-state index contributed by atoms with van der Waals surface area (Å²) in [5.74, 6) is -0.163. The second-order valence-electron chi connectivity index (χ2n) is 4.40. The molecule has 0 aliphatic carbocycles. The lowest BCUT2D eigenvalue weighted by atomic mass is 10.1. The Balaban J connectivity index is 2.43. The van der Waals surface area contributed by atoms with E-state index in [9.17, 15) is 14.9 Å². The third kappa shape index (κ3) is 3.73. The number of nitro groups is 1. The van der Waals surface area contributed by atoms with Crippen LogP contribution in [0, 0.1) is 10.1 Å². The first-order valence-corrected chi connectivity index (χ1v) is 6.77. The van der Waals surface area contributed by atoms with Crippen LogP contribution in [0.2, 0.25) is 0 Å². The molecule has 2 rings (SSSR count). The Bertz CT molecular complexity index is 719. The number of aromatic nitrogens is 1. The van der Waals surface area contributed by atoms with Crippen LogP contribution in [0.4, 0.5) is 11.4 Å². The fraction of sp³-hybridized carbons (Fsp3) is 0.200. The van der Waals surface area contributed by atoms with E-state index in [-0.39, 0.29) is 22.7 Å². The summed E-state index contributed by atoms with van der Waals surface area (Å²) in [5, 5.41) is 13.8. The van der Waals surface area contributed by atoms with Crippen molar-refractivity contribution in [3.05, 3.63) is 52.3 Å². The highest BCUT2D eigenvalue weighted by Crippen LogP contribution is 2.35. The van der Waals surface area contributed by atoms with E-state index < -0.39 is 10.8 Å². The maximum Gasteiger partial charge on any atom is 0.286 e. The SMILES string of the molecule is CCOc1cc([N+](=O)[O-])c(C(=O)Nc2ccncc2)cc1OC. The van der Waals surface area contributed by atoms with Gasteiger partial charge >= 0.3 is 0 Å². The van der Waals surface area contributed by atoms with Crippen LogP contribution in [-0.2, 0) is 0 Å². The molecular formula is C15H15N3O5. The third-order valence-electron chi connectivity index (χ3n) is 2.96. The molecule has 0 aliphatic heterocycles. The lowest BCUT2D eigenvalue weighted by Gasteiger charge is -2.12. The minimum absolute atomic E-state index is 0.118. The highest BCUT2D eigenvalue weighted by Gasteiger charge is 2.24. The number of amides is 1. The molecule has 0 bridgehead atoms. The zero-order chi connectivity index (χ0) is 16.8. The van der Waals surface area contributed by atoms with Gasteiger partial charge in [0.1, 0.15) is 5.56 Å². The zero-order valence-corrected chi connectivity index (χ0v) is 12.6. The van der Waals surface area contributed by atoms with Gasteiger partial charge in [-0.2, -0.15) is 0 Å². The van der Waals surface area contributed by atoms with Gasteiger partial charge < -0.3 is 14.8 Å². The second kappa shape index (κ2) is 7.21. The largest absolute Gasteiger partial charge is 0.493 e. The summed E-state index contributed by atoms with van der Waals surface area (Å²) in [6.45, 7) is 2.06. The van der Waals surface area contributed by atoms with Gasteiger partial charge in [-0.25, -0.2) is 0 Å². The number of hydrogen-bond donors (Lipinski definition) is 1. The fourth-order valence-corrected chi connectivity index (χ4v) is 1.94. The number of rotatable bonds is 6. The van der Waals surface area contributed by atoms with Crippen molar-refractivity contribution >= 4 is 17.3 Å². The first-order chi connectivity index (χ1) is 11.1. The Morgan fingerprint density at radius 2 is 2.00 bits per heavy atom. The number of hydrogen-bond acceptors (Lipinski definition) is 6. The lowest BCUT2D eigenvalue weighted by Crippen LogP contribution is -2.14. The zero-order valence-electron chi connectivity index (χ0n) is 12.6. The van der Waals surface area contributed by atoms with Gasteiger partial charge in [0.05, 0.1) is 24.7 Å². The number of nitrogens with one attached hydrogen (secondary N) is 1. The molecule has 8 heteroatoms. The van der Waals surface area contributed by atoms with Crippen LogP contribution in [0.3, 0.4) is 0 Å². The molecule has 1 heterocycles. The molecule has 23 heavy (non-hydrogen) atoms. The van der Waals surface area contributed by atoms with Gasteiger partial charge in [0, 0.05) is 24.1 Å². The minimum atomic E-state index is -0.635. The van der Waals surface area contributed by atoms with Crippen molar-refractivity contribution < 1.29 is 19.2 Å². The van der Waals surface area contributed by atoms with Crippen molar-refractivity contribution in [1.29, 1.82) is 0 Å². The second-order valence-corrected chi connectivity index (χ2v) is 4.40. The Morgan fingerprint density at radius 1 is 1.30 bits per heavy atom. The maximum absolute atomic E-state index is 12.3. The number of carbonyl (C=O) groups is 1. The third-order valence-corrected chi connectivity index (χ3v) is 2.96. The summed E-state index contributed by atoms with van der Waals surface area (Å²) in [6, 6.07) is 5.63. The van der Waals surface area contributed by atoms with E-state index in [1.165, 1.54) is 31.6 Å². The molecule has 0 radical (unpaired) electrons. The van der Waals surface area contributed by atoms with Gasteiger partial charge in [0.2, 0.25) is 0 Å². The molecule has 0 fully saturated rings. The van der Waals surface area contributed by atoms with Crippen molar-refractivity contribution in [2.75, 3.05) is 19.0 Å². The molecule has 120 valence electrons. The Kier molecular flexibility index (Phi) is 5.08. The van der Waals surface area contributed by atoms with E-state index in [1.807, 2.05) is 0 Å². The molecular weight excluding hydrogens is 302 g/mol. The number of nitro benzene ring substituents is 1. The van der Waals surface area contributed by atoms with Gasteiger partial charge in [0.25, 0.3) is 11.6 Å². The first-order valence-electron chi connectivity index (χ1n) is 6.77. The van der Waals surface area contributed by atoms with Crippen LogP contribution in [-0.4, -0.2) is 29.5 Å².